The van der Waals surface area contributed by atoms with Gasteiger partial charge in [-0.1, -0.05) is 0 Å². The highest BCUT2D eigenvalue weighted by atomic mass is 19.4. The Hall–Kier alpha value is -0.820. The summed E-state index contributed by atoms with van der Waals surface area (Å²) in [4.78, 5) is 11.2. The molecule has 1 rings (SSSR count). The monoisotopic (exact) mass is 240 g/mol. The van der Waals surface area contributed by atoms with Crippen LogP contribution in [0.2, 0.25) is 0 Å². The Morgan fingerprint density at radius 1 is 1.50 bits per heavy atom. The van der Waals surface area contributed by atoms with Crippen molar-refractivity contribution in [2.24, 2.45) is 11.7 Å². The molecule has 0 aliphatic heterocycles. The van der Waals surface area contributed by atoms with Crippen molar-refractivity contribution in [1.82, 2.24) is 5.32 Å². The van der Waals surface area contributed by atoms with Crippen molar-refractivity contribution in [3.63, 3.8) is 0 Å². The highest BCUT2D eigenvalue weighted by molar-refractivity contribution is 5.77. The van der Waals surface area contributed by atoms with Gasteiger partial charge >= 0.3 is 6.18 Å². The van der Waals surface area contributed by atoms with Gasteiger partial charge in [0.15, 0.2) is 0 Å². The molecule has 1 unspecified atom stereocenters. The van der Waals surface area contributed by atoms with Crippen LogP contribution in [-0.4, -0.2) is 37.9 Å². The molecule has 0 aromatic rings. The number of nitrogens with two attached hydrogens (primary N) is 1. The molecule has 7 heteroatoms. The molecule has 0 saturated heterocycles. The molecule has 4 nitrogen and oxygen atoms in total. The number of amides is 1. The predicted molar refractivity (Wildman–Crippen MR) is 50.6 cm³/mol. The largest absolute Gasteiger partial charge is 0.411 e. The van der Waals surface area contributed by atoms with Crippen LogP contribution < -0.4 is 11.1 Å². The molecule has 0 heterocycles. The number of hydrogen-bond donors (Lipinski definition) is 2. The third-order valence-electron chi connectivity index (χ3n) is 2.29. The van der Waals surface area contributed by atoms with Crippen LogP contribution in [0, 0.1) is 5.92 Å². The van der Waals surface area contributed by atoms with Crippen LogP contribution in [0.3, 0.4) is 0 Å². The van der Waals surface area contributed by atoms with Crippen LogP contribution >= 0.6 is 0 Å². The summed E-state index contributed by atoms with van der Waals surface area (Å²) < 4.78 is 39.3. The van der Waals surface area contributed by atoms with E-state index in [1.807, 2.05) is 0 Å². The van der Waals surface area contributed by atoms with E-state index in [4.69, 9.17) is 5.73 Å². The number of halogens is 3. The first-order chi connectivity index (χ1) is 7.42. The van der Waals surface area contributed by atoms with Gasteiger partial charge in [-0.2, -0.15) is 13.2 Å². The van der Waals surface area contributed by atoms with E-state index in [1.54, 1.807) is 0 Å². The van der Waals surface area contributed by atoms with Crippen molar-refractivity contribution in [2.75, 3.05) is 19.8 Å². The molecule has 1 atom stereocenters. The van der Waals surface area contributed by atoms with Gasteiger partial charge in [-0.3, -0.25) is 4.79 Å². The maximum Gasteiger partial charge on any atom is 0.411 e. The Balaban J connectivity index is 2.14. The predicted octanol–water partition coefficient (Wildman–Crippen LogP) is 0.419. The van der Waals surface area contributed by atoms with Crippen molar-refractivity contribution in [3.05, 3.63) is 0 Å². The minimum atomic E-state index is -4.40. The molecule has 0 radical (unpaired) electrons. The maximum absolute atomic E-state index is 11.7. The number of hydrogen-bond acceptors (Lipinski definition) is 3. The molecule has 16 heavy (non-hydrogen) atoms. The molecular formula is C9H15F3N2O2. The summed E-state index contributed by atoms with van der Waals surface area (Å²) in [5.74, 6) is -0.178. The maximum atomic E-state index is 11.7. The minimum Gasteiger partial charge on any atom is -0.362 e. The lowest BCUT2D eigenvalue weighted by atomic mass is 10.2. The van der Waals surface area contributed by atoms with Crippen molar-refractivity contribution in [2.45, 2.75) is 25.1 Å². The van der Waals surface area contributed by atoms with Crippen molar-refractivity contribution >= 4 is 5.91 Å². The molecule has 1 aliphatic rings. The van der Waals surface area contributed by atoms with Crippen LogP contribution in [0.25, 0.3) is 0 Å². The smallest absolute Gasteiger partial charge is 0.362 e. The number of ether oxygens (including phenoxy) is 1. The van der Waals surface area contributed by atoms with E-state index in [0.29, 0.717) is 12.5 Å². The topological polar surface area (TPSA) is 64.3 Å². The van der Waals surface area contributed by atoms with Crippen LogP contribution in [-0.2, 0) is 9.53 Å². The van der Waals surface area contributed by atoms with Crippen LogP contribution in [0.4, 0.5) is 13.2 Å². The molecular weight excluding hydrogens is 225 g/mol. The molecule has 1 aliphatic carbocycles. The van der Waals surface area contributed by atoms with Gasteiger partial charge in [0.1, 0.15) is 13.2 Å². The summed E-state index contributed by atoms with van der Waals surface area (Å²) >= 11 is 0. The number of nitrogens with one attached hydrogen (secondary N) is 1. The molecule has 0 spiro atoms. The fraction of sp³-hybridized carbons (Fsp3) is 0.889. The van der Waals surface area contributed by atoms with Gasteiger partial charge in [0, 0.05) is 12.6 Å². The molecule has 0 bridgehead atoms. The zero-order valence-electron chi connectivity index (χ0n) is 8.72. The number of carbonyl (C=O) groups excluding carboxylic acids is 1. The quantitative estimate of drug-likeness (QED) is 0.707. The van der Waals surface area contributed by atoms with Gasteiger partial charge in [0.05, 0.1) is 0 Å². The van der Waals surface area contributed by atoms with Gasteiger partial charge in [0.25, 0.3) is 0 Å². The van der Waals surface area contributed by atoms with Crippen LogP contribution in [0.1, 0.15) is 12.8 Å². The summed E-state index contributed by atoms with van der Waals surface area (Å²) in [7, 11) is 0. The lowest BCUT2D eigenvalue weighted by Gasteiger charge is -2.16. The summed E-state index contributed by atoms with van der Waals surface area (Å²) in [5.41, 5.74) is 5.42. The van der Waals surface area contributed by atoms with Gasteiger partial charge in [-0.05, 0) is 18.8 Å². The third kappa shape index (κ3) is 5.32. The van der Waals surface area contributed by atoms with Gasteiger partial charge in [-0.25, -0.2) is 0 Å². The first-order valence-corrected chi connectivity index (χ1v) is 5.06. The number of carbonyl (C=O) groups is 1. The summed E-state index contributed by atoms with van der Waals surface area (Å²) in [5, 5.41) is 2.56. The Morgan fingerprint density at radius 3 is 2.56 bits per heavy atom. The Labute approximate surface area is 91.3 Å². The van der Waals surface area contributed by atoms with Gasteiger partial charge in [-0.15, -0.1) is 0 Å². The Kier molecular flexibility index (Phi) is 4.55. The molecule has 0 aromatic heterocycles. The average Bonchev–Trinajstić information content (AvgIpc) is 2.95. The normalized spacial score (nSPS) is 18.2. The van der Waals surface area contributed by atoms with E-state index < -0.39 is 25.3 Å². The Morgan fingerprint density at radius 2 is 2.12 bits per heavy atom. The second-order valence-corrected chi connectivity index (χ2v) is 3.86. The van der Waals surface area contributed by atoms with Gasteiger partial charge < -0.3 is 15.8 Å². The second-order valence-electron chi connectivity index (χ2n) is 3.86. The van der Waals surface area contributed by atoms with Crippen molar-refractivity contribution in [3.8, 4) is 0 Å². The zero-order valence-corrected chi connectivity index (χ0v) is 8.72. The molecule has 1 saturated carbocycles. The molecule has 0 aromatic carbocycles. The van der Waals surface area contributed by atoms with Crippen LogP contribution in [0.5, 0.6) is 0 Å². The summed E-state index contributed by atoms with van der Waals surface area (Å²) in [6.45, 7) is -1.68. The first kappa shape index (κ1) is 13.2. The molecule has 1 amide bonds. The summed E-state index contributed by atoms with van der Waals surface area (Å²) in [6.07, 6.45) is -2.39. The number of alkyl halides is 3. The Bertz CT molecular complexity index is 241. The summed E-state index contributed by atoms with van der Waals surface area (Å²) in [6, 6.07) is -0.137. The first-order valence-electron chi connectivity index (χ1n) is 5.06. The van der Waals surface area contributed by atoms with Crippen molar-refractivity contribution < 1.29 is 22.7 Å². The van der Waals surface area contributed by atoms with E-state index >= 15 is 0 Å². The average molecular weight is 240 g/mol. The number of rotatable bonds is 6. The highest BCUT2D eigenvalue weighted by Crippen LogP contribution is 2.32. The minimum absolute atomic E-state index is 0.137. The standard InChI is InChI=1S/C9H15F3N2O2/c10-9(11,12)5-16-4-8(15)14-7(3-13)6-1-2-6/h6-7H,1-5,13H2,(H,14,15). The molecule has 1 fully saturated rings. The lowest BCUT2D eigenvalue weighted by molar-refractivity contribution is -0.175. The second kappa shape index (κ2) is 5.49. The third-order valence-corrected chi connectivity index (χ3v) is 2.29. The van der Waals surface area contributed by atoms with Crippen molar-refractivity contribution in [1.29, 1.82) is 0 Å². The van der Waals surface area contributed by atoms with Gasteiger partial charge in [0.2, 0.25) is 5.91 Å². The zero-order chi connectivity index (χ0) is 12.2. The van der Waals surface area contributed by atoms with E-state index in [-0.39, 0.29) is 6.04 Å². The van der Waals surface area contributed by atoms with Crippen LogP contribution in [0.15, 0.2) is 0 Å². The SMILES string of the molecule is NCC(NC(=O)COCC(F)(F)F)C1CC1. The fourth-order valence-corrected chi connectivity index (χ4v) is 1.38. The van der Waals surface area contributed by atoms with E-state index in [1.165, 1.54) is 0 Å². The lowest BCUT2D eigenvalue weighted by Crippen LogP contribution is -2.43. The van der Waals surface area contributed by atoms with E-state index in [0.717, 1.165) is 12.8 Å². The fourth-order valence-electron chi connectivity index (χ4n) is 1.38. The molecule has 3 N–H and O–H groups in total. The van der Waals surface area contributed by atoms with E-state index in [2.05, 4.69) is 10.1 Å². The van der Waals surface area contributed by atoms with E-state index in [9.17, 15) is 18.0 Å². The molecule has 94 valence electrons. The highest BCUT2D eigenvalue weighted by Gasteiger charge is 2.32.